The summed E-state index contributed by atoms with van der Waals surface area (Å²) in [4.78, 5) is 11.1. The highest BCUT2D eigenvalue weighted by Gasteiger charge is 2.29. The fraction of sp³-hybridized carbons (Fsp3) is 0.526. The second-order valence-corrected chi connectivity index (χ2v) is 7.94. The van der Waals surface area contributed by atoms with E-state index in [1.165, 1.54) is 12.8 Å². The van der Waals surface area contributed by atoms with Crippen molar-refractivity contribution in [2.75, 3.05) is 29.9 Å². The Kier molecular flexibility index (Phi) is 3.91. The van der Waals surface area contributed by atoms with E-state index in [4.69, 9.17) is 0 Å². The highest BCUT2D eigenvalue weighted by molar-refractivity contribution is 5.46. The zero-order valence-corrected chi connectivity index (χ0v) is 15.7. The van der Waals surface area contributed by atoms with Crippen molar-refractivity contribution in [3.63, 3.8) is 0 Å². The lowest BCUT2D eigenvalue weighted by Gasteiger charge is -2.40. The van der Waals surface area contributed by atoms with Crippen LogP contribution < -0.4 is 10.2 Å². The molecule has 0 radical (unpaired) electrons. The maximum Gasteiger partial charge on any atom is 0.254 e. The minimum atomic E-state index is 0.351. The monoisotopic (exact) mass is 364 g/mol. The Bertz CT molecular complexity index is 938. The van der Waals surface area contributed by atoms with Crippen LogP contribution in [0.1, 0.15) is 49.9 Å². The number of nitrogens with one attached hydrogen (secondary N) is 1. The number of aromatic nitrogens is 6. The molecule has 5 rings (SSSR count). The predicted octanol–water partition coefficient (Wildman–Crippen LogP) is 2.46. The van der Waals surface area contributed by atoms with Gasteiger partial charge in [0.25, 0.3) is 5.78 Å². The molecule has 0 bridgehead atoms. The average Bonchev–Trinajstić information content (AvgIpc) is 3.37. The minimum Gasteiger partial charge on any atom is -0.369 e. The zero-order chi connectivity index (χ0) is 18.4. The van der Waals surface area contributed by atoms with E-state index in [1.807, 2.05) is 0 Å². The number of nitrogens with zero attached hydrogens (tertiary/aromatic N) is 7. The molecule has 1 saturated carbocycles. The van der Waals surface area contributed by atoms with Gasteiger partial charge in [-0.1, -0.05) is 13.8 Å². The molecule has 140 valence electrons. The minimum absolute atomic E-state index is 0.351. The van der Waals surface area contributed by atoms with Gasteiger partial charge in [-0.25, -0.2) is 4.98 Å². The van der Waals surface area contributed by atoms with Crippen LogP contribution in [0.25, 0.3) is 5.78 Å². The van der Waals surface area contributed by atoms with Crippen LogP contribution in [0.5, 0.6) is 0 Å². The van der Waals surface area contributed by atoms with Crippen molar-refractivity contribution in [1.82, 2.24) is 29.8 Å². The van der Waals surface area contributed by atoms with Crippen LogP contribution in [-0.4, -0.2) is 49.4 Å². The first-order valence-electron chi connectivity index (χ1n) is 9.70. The van der Waals surface area contributed by atoms with Crippen LogP contribution in [0.2, 0.25) is 0 Å². The third-order valence-corrected chi connectivity index (χ3v) is 5.38. The summed E-state index contributed by atoms with van der Waals surface area (Å²) in [6, 6.07) is 6.32. The van der Waals surface area contributed by atoms with Crippen LogP contribution in [-0.2, 0) is 0 Å². The fourth-order valence-electron chi connectivity index (χ4n) is 3.49. The topological polar surface area (TPSA) is 84.1 Å². The van der Waals surface area contributed by atoms with Crippen molar-refractivity contribution >= 4 is 17.4 Å². The van der Waals surface area contributed by atoms with Gasteiger partial charge < -0.3 is 10.2 Å². The van der Waals surface area contributed by atoms with E-state index in [0.717, 1.165) is 42.7 Å². The molecule has 3 aromatic rings. The maximum absolute atomic E-state index is 4.56. The second-order valence-electron chi connectivity index (χ2n) is 7.94. The first-order valence-corrected chi connectivity index (χ1v) is 9.70. The number of hydrogen-bond acceptors (Lipinski definition) is 7. The van der Waals surface area contributed by atoms with Gasteiger partial charge in [0.2, 0.25) is 0 Å². The van der Waals surface area contributed by atoms with Gasteiger partial charge in [0.15, 0.2) is 5.82 Å². The Balaban J connectivity index is 1.21. The van der Waals surface area contributed by atoms with E-state index in [0.29, 0.717) is 23.5 Å². The molecule has 0 spiro atoms. The summed E-state index contributed by atoms with van der Waals surface area (Å²) in [7, 11) is 0. The Morgan fingerprint density at radius 1 is 1.19 bits per heavy atom. The Morgan fingerprint density at radius 3 is 2.74 bits per heavy atom. The molecule has 27 heavy (non-hydrogen) atoms. The Hall–Kier alpha value is -2.77. The molecule has 4 heterocycles. The lowest BCUT2D eigenvalue weighted by molar-refractivity contribution is 0.424. The largest absolute Gasteiger partial charge is 0.369 e. The molecule has 0 atom stereocenters. The third-order valence-electron chi connectivity index (χ3n) is 5.38. The van der Waals surface area contributed by atoms with E-state index in [-0.39, 0.29) is 0 Å². The standard InChI is InChI=1S/C19H24N8/c1-12(2)16-7-18(27-19(23-16)21-11-22-27)20-8-13-9-26(10-13)17-6-5-15(24-25-17)14-3-4-14/h5-7,11-14,20H,3-4,8-10H2,1-2H3. The first kappa shape index (κ1) is 16.4. The summed E-state index contributed by atoms with van der Waals surface area (Å²) in [6.07, 6.45) is 4.07. The molecule has 0 unspecified atom stereocenters. The van der Waals surface area contributed by atoms with Crippen LogP contribution >= 0.6 is 0 Å². The molecule has 0 amide bonds. The van der Waals surface area contributed by atoms with Crippen LogP contribution in [0.3, 0.4) is 0 Å². The van der Waals surface area contributed by atoms with Gasteiger partial charge in [-0.15, -0.1) is 5.10 Å². The summed E-state index contributed by atoms with van der Waals surface area (Å²) >= 11 is 0. The predicted molar refractivity (Wildman–Crippen MR) is 103 cm³/mol. The van der Waals surface area contributed by atoms with E-state index >= 15 is 0 Å². The normalized spacial score (nSPS) is 17.5. The molecule has 8 heteroatoms. The summed E-state index contributed by atoms with van der Waals surface area (Å²) in [6.45, 7) is 7.15. The molecule has 1 saturated heterocycles. The van der Waals surface area contributed by atoms with Gasteiger partial charge in [-0.05, 0) is 30.9 Å². The van der Waals surface area contributed by atoms with Gasteiger partial charge >= 0.3 is 0 Å². The summed E-state index contributed by atoms with van der Waals surface area (Å²) < 4.78 is 1.77. The highest BCUT2D eigenvalue weighted by Crippen LogP contribution is 2.39. The average molecular weight is 364 g/mol. The number of rotatable bonds is 6. The van der Waals surface area contributed by atoms with Crippen molar-refractivity contribution < 1.29 is 0 Å². The second kappa shape index (κ2) is 6.44. The van der Waals surface area contributed by atoms with Gasteiger partial charge in [-0.3, -0.25) is 0 Å². The van der Waals surface area contributed by atoms with Crippen molar-refractivity contribution in [2.24, 2.45) is 5.92 Å². The number of fused-ring (bicyclic) bond motifs is 1. The van der Waals surface area contributed by atoms with Crippen LogP contribution in [0.15, 0.2) is 24.5 Å². The van der Waals surface area contributed by atoms with E-state index in [1.54, 1.807) is 10.8 Å². The third kappa shape index (κ3) is 3.20. The van der Waals surface area contributed by atoms with Crippen molar-refractivity contribution in [1.29, 1.82) is 0 Å². The SMILES string of the molecule is CC(C)c1cc(NCC2CN(c3ccc(C4CC4)nn3)C2)n2ncnc2n1. The molecule has 1 aliphatic carbocycles. The molecular weight excluding hydrogens is 340 g/mol. The summed E-state index contributed by atoms with van der Waals surface area (Å²) in [5.41, 5.74) is 2.17. The molecule has 0 aromatic carbocycles. The van der Waals surface area contributed by atoms with Gasteiger partial charge in [0.05, 0.1) is 11.4 Å². The lowest BCUT2D eigenvalue weighted by atomic mass is 10.00. The van der Waals surface area contributed by atoms with E-state index in [9.17, 15) is 0 Å². The van der Waals surface area contributed by atoms with Gasteiger partial charge in [0, 0.05) is 37.5 Å². The van der Waals surface area contributed by atoms with Crippen molar-refractivity contribution in [2.45, 2.75) is 38.5 Å². The van der Waals surface area contributed by atoms with Crippen molar-refractivity contribution in [3.8, 4) is 0 Å². The molecule has 3 aromatic heterocycles. The van der Waals surface area contributed by atoms with Gasteiger partial charge in [0.1, 0.15) is 12.1 Å². The molecule has 2 fully saturated rings. The lowest BCUT2D eigenvalue weighted by Crippen LogP contribution is -2.50. The molecule has 1 N–H and O–H groups in total. The highest BCUT2D eigenvalue weighted by atomic mass is 15.4. The summed E-state index contributed by atoms with van der Waals surface area (Å²) in [5.74, 6) is 4.16. The molecule has 8 nitrogen and oxygen atoms in total. The van der Waals surface area contributed by atoms with Crippen molar-refractivity contribution in [3.05, 3.63) is 35.9 Å². The number of hydrogen-bond donors (Lipinski definition) is 1. The molecule has 2 aliphatic rings. The molecular formula is C19H24N8. The van der Waals surface area contributed by atoms with Crippen LogP contribution in [0, 0.1) is 5.92 Å². The van der Waals surface area contributed by atoms with E-state index in [2.05, 4.69) is 67.5 Å². The van der Waals surface area contributed by atoms with E-state index < -0.39 is 0 Å². The number of anilines is 2. The molecule has 1 aliphatic heterocycles. The maximum atomic E-state index is 4.56. The van der Waals surface area contributed by atoms with Gasteiger partial charge in [-0.2, -0.15) is 19.7 Å². The Morgan fingerprint density at radius 2 is 2.04 bits per heavy atom. The quantitative estimate of drug-likeness (QED) is 0.719. The zero-order valence-electron chi connectivity index (χ0n) is 15.7. The first-order chi connectivity index (χ1) is 13.2. The fourth-order valence-corrected chi connectivity index (χ4v) is 3.49. The smallest absolute Gasteiger partial charge is 0.254 e. The Labute approximate surface area is 158 Å². The summed E-state index contributed by atoms with van der Waals surface area (Å²) in [5, 5.41) is 16.6. The van der Waals surface area contributed by atoms with Crippen LogP contribution in [0.4, 0.5) is 11.6 Å².